The van der Waals surface area contributed by atoms with Gasteiger partial charge in [-0.15, -0.1) is 0 Å². The number of carbonyl (C=O) groups excluding carboxylic acids is 2. The second-order valence-electron chi connectivity index (χ2n) is 8.19. The molecule has 1 N–H and O–H groups in total. The highest BCUT2D eigenvalue weighted by molar-refractivity contribution is 5.80. The maximum atomic E-state index is 12.8. The molecule has 0 spiro atoms. The Morgan fingerprint density at radius 3 is 2.41 bits per heavy atom. The molecule has 7 heteroatoms. The highest BCUT2D eigenvalue weighted by Gasteiger charge is 2.47. The molecule has 4 atom stereocenters. The first-order valence-electron chi connectivity index (χ1n) is 9.64. The van der Waals surface area contributed by atoms with E-state index in [1.165, 1.54) is 6.92 Å². The van der Waals surface area contributed by atoms with Gasteiger partial charge < -0.3 is 14.9 Å². The SMILES string of the molecule is CC(=O)N(CC1(C)CCC(C)N1C(=O)C(C)C)C(c1ncccn1)C(C)O. The minimum atomic E-state index is -0.840. The van der Waals surface area contributed by atoms with Crippen LogP contribution in [0, 0.1) is 5.92 Å². The Hall–Kier alpha value is -2.02. The minimum Gasteiger partial charge on any atom is -0.391 e. The van der Waals surface area contributed by atoms with E-state index in [9.17, 15) is 14.7 Å². The summed E-state index contributed by atoms with van der Waals surface area (Å²) < 4.78 is 0. The van der Waals surface area contributed by atoms with Crippen LogP contribution in [-0.2, 0) is 9.59 Å². The maximum absolute atomic E-state index is 12.8. The largest absolute Gasteiger partial charge is 0.391 e. The first-order valence-corrected chi connectivity index (χ1v) is 9.64. The van der Waals surface area contributed by atoms with Crippen LogP contribution in [0.2, 0.25) is 0 Å². The molecule has 0 aromatic carbocycles. The van der Waals surface area contributed by atoms with Crippen LogP contribution in [0.3, 0.4) is 0 Å². The van der Waals surface area contributed by atoms with Crippen LogP contribution in [-0.4, -0.2) is 60.9 Å². The molecule has 0 bridgehead atoms. The van der Waals surface area contributed by atoms with Gasteiger partial charge in [0.25, 0.3) is 0 Å². The maximum Gasteiger partial charge on any atom is 0.225 e. The van der Waals surface area contributed by atoms with Gasteiger partial charge in [-0.05, 0) is 39.7 Å². The van der Waals surface area contributed by atoms with Crippen molar-refractivity contribution in [2.24, 2.45) is 5.92 Å². The van der Waals surface area contributed by atoms with E-state index >= 15 is 0 Å². The van der Waals surface area contributed by atoms with Crippen molar-refractivity contribution >= 4 is 11.8 Å². The molecule has 1 aromatic rings. The van der Waals surface area contributed by atoms with Gasteiger partial charge in [0.15, 0.2) is 5.82 Å². The van der Waals surface area contributed by atoms with Crippen molar-refractivity contribution in [1.29, 1.82) is 0 Å². The molecular weight excluding hydrogens is 344 g/mol. The van der Waals surface area contributed by atoms with Crippen LogP contribution in [0.4, 0.5) is 0 Å². The first kappa shape index (κ1) is 21.3. The third kappa shape index (κ3) is 4.46. The van der Waals surface area contributed by atoms with Gasteiger partial charge in [0.05, 0.1) is 11.6 Å². The summed E-state index contributed by atoms with van der Waals surface area (Å²) in [6, 6.07) is 1.16. The van der Waals surface area contributed by atoms with Crippen molar-refractivity contribution in [2.75, 3.05) is 6.54 Å². The standard InChI is InChI=1S/C20H32N4O3/c1-13(2)19(27)24-14(3)8-9-20(24,6)12-23(16(5)26)17(15(4)25)18-21-10-7-11-22-18/h7,10-11,13-15,17,25H,8-9,12H2,1-6H3. The fourth-order valence-corrected chi connectivity index (χ4v) is 4.07. The van der Waals surface area contributed by atoms with E-state index < -0.39 is 17.7 Å². The number of hydrogen-bond acceptors (Lipinski definition) is 5. The zero-order valence-corrected chi connectivity index (χ0v) is 17.2. The number of rotatable bonds is 6. The van der Waals surface area contributed by atoms with E-state index in [0.717, 1.165) is 12.8 Å². The molecule has 0 aliphatic carbocycles. The minimum absolute atomic E-state index is 0.0931. The number of aliphatic hydroxyl groups is 1. The number of aliphatic hydroxyl groups excluding tert-OH is 1. The summed E-state index contributed by atoms with van der Waals surface area (Å²) in [6.07, 6.45) is 4.06. The van der Waals surface area contributed by atoms with Gasteiger partial charge in [0.2, 0.25) is 11.8 Å². The summed E-state index contributed by atoms with van der Waals surface area (Å²) in [5.41, 5.74) is -0.492. The molecule has 1 aliphatic heterocycles. The van der Waals surface area contributed by atoms with E-state index in [1.54, 1.807) is 30.3 Å². The molecule has 2 heterocycles. The number of carbonyl (C=O) groups is 2. The van der Waals surface area contributed by atoms with Crippen molar-refractivity contribution in [3.05, 3.63) is 24.3 Å². The normalized spacial score (nSPS) is 24.7. The van der Waals surface area contributed by atoms with Gasteiger partial charge in [0.1, 0.15) is 6.04 Å². The lowest BCUT2D eigenvalue weighted by atomic mass is 9.95. The van der Waals surface area contributed by atoms with Gasteiger partial charge in [0, 0.05) is 37.8 Å². The monoisotopic (exact) mass is 376 g/mol. The summed E-state index contributed by atoms with van der Waals surface area (Å²) in [5.74, 6) is 0.210. The van der Waals surface area contributed by atoms with Gasteiger partial charge in [-0.1, -0.05) is 13.8 Å². The molecule has 4 unspecified atom stereocenters. The van der Waals surface area contributed by atoms with Crippen LogP contribution in [0.5, 0.6) is 0 Å². The molecule has 1 aliphatic rings. The van der Waals surface area contributed by atoms with E-state index in [0.29, 0.717) is 12.4 Å². The molecule has 2 amide bonds. The summed E-state index contributed by atoms with van der Waals surface area (Å²) in [5, 5.41) is 10.4. The Morgan fingerprint density at radius 2 is 1.93 bits per heavy atom. The van der Waals surface area contributed by atoms with Crippen LogP contribution in [0.25, 0.3) is 0 Å². The van der Waals surface area contributed by atoms with Gasteiger partial charge in [-0.2, -0.15) is 0 Å². The molecule has 150 valence electrons. The first-order chi connectivity index (χ1) is 12.6. The average molecular weight is 377 g/mol. The number of aromatic nitrogens is 2. The summed E-state index contributed by atoms with van der Waals surface area (Å²) in [4.78, 5) is 37.4. The molecule has 7 nitrogen and oxygen atoms in total. The fourth-order valence-electron chi connectivity index (χ4n) is 4.07. The third-order valence-corrected chi connectivity index (χ3v) is 5.41. The summed E-state index contributed by atoms with van der Waals surface area (Å²) >= 11 is 0. The molecule has 1 saturated heterocycles. The van der Waals surface area contributed by atoms with Crippen molar-refractivity contribution in [3.8, 4) is 0 Å². The lowest BCUT2D eigenvalue weighted by Crippen LogP contribution is -2.57. The van der Waals surface area contributed by atoms with E-state index in [2.05, 4.69) is 16.9 Å². The molecule has 27 heavy (non-hydrogen) atoms. The molecule has 0 saturated carbocycles. The lowest BCUT2D eigenvalue weighted by molar-refractivity contribution is -0.146. The Labute approximate surface area is 161 Å². The van der Waals surface area contributed by atoms with Crippen molar-refractivity contribution in [3.63, 3.8) is 0 Å². The number of likely N-dealkylation sites (tertiary alicyclic amines) is 1. The molecule has 0 radical (unpaired) electrons. The van der Waals surface area contributed by atoms with Gasteiger partial charge >= 0.3 is 0 Å². The van der Waals surface area contributed by atoms with E-state index in [-0.39, 0.29) is 23.8 Å². The Balaban J connectivity index is 2.39. The summed E-state index contributed by atoms with van der Waals surface area (Å²) in [7, 11) is 0. The average Bonchev–Trinajstić information content (AvgIpc) is 2.89. The van der Waals surface area contributed by atoms with Crippen LogP contribution < -0.4 is 0 Å². The fraction of sp³-hybridized carbons (Fsp3) is 0.700. The quantitative estimate of drug-likeness (QED) is 0.822. The predicted octanol–water partition coefficient (Wildman–Crippen LogP) is 2.17. The lowest BCUT2D eigenvalue weighted by Gasteiger charge is -2.44. The van der Waals surface area contributed by atoms with Crippen LogP contribution in [0.15, 0.2) is 18.5 Å². The summed E-state index contributed by atoms with van der Waals surface area (Å²) in [6.45, 7) is 11.3. The van der Waals surface area contributed by atoms with E-state index in [4.69, 9.17) is 0 Å². The zero-order valence-electron chi connectivity index (χ0n) is 17.2. The molecule has 1 fully saturated rings. The smallest absolute Gasteiger partial charge is 0.225 e. The van der Waals surface area contributed by atoms with Crippen molar-refractivity contribution < 1.29 is 14.7 Å². The second-order valence-corrected chi connectivity index (χ2v) is 8.19. The van der Waals surface area contributed by atoms with E-state index in [1.807, 2.05) is 25.7 Å². The zero-order chi connectivity index (χ0) is 20.4. The Morgan fingerprint density at radius 1 is 1.33 bits per heavy atom. The Bertz CT molecular complexity index is 664. The second kappa shape index (κ2) is 8.33. The molecule has 2 rings (SSSR count). The molecule has 1 aromatic heterocycles. The number of nitrogens with zero attached hydrogens (tertiary/aromatic N) is 4. The highest BCUT2D eigenvalue weighted by Crippen LogP contribution is 2.37. The number of hydrogen-bond donors (Lipinski definition) is 1. The third-order valence-electron chi connectivity index (χ3n) is 5.41. The van der Waals surface area contributed by atoms with Gasteiger partial charge in [-0.3, -0.25) is 9.59 Å². The van der Waals surface area contributed by atoms with Gasteiger partial charge in [-0.25, -0.2) is 9.97 Å². The predicted molar refractivity (Wildman–Crippen MR) is 103 cm³/mol. The number of amides is 2. The van der Waals surface area contributed by atoms with Crippen LogP contribution in [0.1, 0.15) is 66.3 Å². The van der Waals surface area contributed by atoms with Crippen molar-refractivity contribution in [2.45, 2.75) is 78.1 Å². The van der Waals surface area contributed by atoms with Crippen molar-refractivity contribution in [1.82, 2.24) is 19.8 Å². The highest BCUT2D eigenvalue weighted by atomic mass is 16.3. The molecular formula is C20H32N4O3. The van der Waals surface area contributed by atoms with Crippen LogP contribution >= 0.6 is 0 Å². The Kier molecular flexibility index (Phi) is 6.57. The topological polar surface area (TPSA) is 86.6 Å².